The van der Waals surface area contributed by atoms with Gasteiger partial charge in [-0.25, -0.2) is 9.48 Å². The van der Waals surface area contributed by atoms with Crippen LogP contribution in [-0.2, 0) is 11.8 Å². The molecule has 2 aromatic heterocycles. The van der Waals surface area contributed by atoms with Crippen molar-refractivity contribution in [3.63, 3.8) is 0 Å². The molecule has 6 nitrogen and oxygen atoms in total. The first-order valence-corrected chi connectivity index (χ1v) is 9.80. The summed E-state index contributed by atoms with van der Waals surface area (Å²) in [7, 11) is 1.83. The van der Waals surface area contributed by atoms with Crippen molar-refractivity contribution in [3.8, 4) is 16.9 Å². The second-order valence-electron chi connectivity index (χ2n) is 6.20. The van der Waals surface area contributed by atoms with Crippen LogP contribution in [0.5, 0.6) is 0 Å². The molecule has 4 rings (SSSR count). The van der Waals surface area contributed by atoms with Crippen LogP contribution in [0.1, 0.15) is 17.4 Å². The molecule has 8 heteroatoms. The smallest absolute Gasteiger partial charge is 0.357 e. The molecule has 142 valence electrons. The maximum absolute atomic E-state index is 12.7. The number of aromatic nitrogens is 4. The number of aryl methyl sites for hydroxylation is 1. The van der Waals surface area contributed by atoms with Crippen LogP contribution in [0.25, 0.3) is 27.8 Å². The zero-order chi connectivity index (χ0) is 19.8. The van der Waals surface area contributed by atoms with Crippen molar-refractivity contribution in [2.75, 3.05) is 6.61 Å². The molecule has 0 unspecified atom stereocenters. The van der Waals surface area contributed by atoms with E-state index in [0.29, 0.717) is 22.1 Å². The van der Waals surface area contributed by atoms with E-state index in [2.05, 4.69) is 26.2 Å². The van der Waals surface area contributed by atoms with Gasteiger partial charge in [-0.05, 0) is 37.3 Å². The van der Waals surface area contributed by atoms with Gasteiger partial charge in [0.2, 0.25) is 0 Å². The first-order valence-electron chi connectivity index (χ1n) is 8.63. The molecule has 0 aliphatic rings. The van der Waals surface area contributed by atoms with Crippen LogP contribution in [0.2, 0.25) is 5.02 Å². The number of nitrogens with zero attached hydrogens (tertiary/aromatic N) is 4. The number of hydrogen-bond acceptors (Lipinski definition) is 4. The van der Waals surface area contributed by atoms with E-state index < -0.39 is 5.97 Å². The van der Waals surface area contributed by atoms with Crippen molar-refractivity contribution >= 4 is 44.4 Å². The van der Waals surface area contributed by atoms with Gasteiger partial charge in [0.1, 0.15) is 11.4 Å². The van der Waals surface area contributed by atoms with E-state index in [0.717, 1.165) is 20.9 Å². The third-order valence-corrected chi connectivity index (χ3v) is 5.17. The number of ether oxygens (including phenoxy) is 1. The lowest BCUT2D eigenvalue weighted by Gasteiger charge is -2.06. The summed E-state index contributed by atoms with van der Waals surface area (Å²) >= 11 is 9.60. The lowest BCUT2D eigenvalue weighted by Crippen LogP contribution is -2.13. The Hall–Kier alpha value is -2.64. The molecule has 0 amide bonds. The molecule has 0 aliphatic heterocycles. The second kappa shape index (κ2) is 7.41. The number of carbonyl (C=O) groups is 1. The van der Waals surface area contributed by atoms with Crippen molar-refractivity contribution in [2.45, 2.75) is 6.92 Å². The summed E-state index contributed by atoms with van der Waals surface area (Å²) in [5.74, 6) is -0.410. The van der Waals surface area contributed by atoms with E-state index in [1.165, 1.54) is 0 Å². The molecule has 0 spiro atoms. The molecule has 0 bridgehead atoms. The number of rotatable bonds is 4. The number of hydrogen-bond donors (Lipinski definition) is 0. The van der Waals surface area contributed by atoms with E-state index in [9.17, 15) is 4.79 Å². The van der Waals surface area contributed by atoms with Gasteiger partial charge in [0.25, 0.3) is 0 Å². The highest BCUT2D eigenvalue weighted by Crippen LogP contribution is 2.32. The SMILES string of the molecule is CCOC(=O)c1c(-n2cc(-c3cccc(Cl)c3)nn2)c2cc(Br)ccc2n1C. The van der Waals surface area contributed by atoms with E-state index >= 15 is 0 Å². The quantitative estimate of drug-likeness (QED) is 0.402. The summed E-state index contributed by atoms with van der Waals surface area (Å²) in [5, 5.41) is 10.0. The summed E-state index contributed by atoms with van der Waals surface area (Å²) < 4.78 is 9.61. The zero-order valence-corrected chi connectivity index (χ0v) is 17.5. The zero-order valence-electron chi connectivity index (χ0n) is 15.2. The van der Waals surface area contributed by atoms with Crippen molar-refractivity contribution in [1.82, 2.24) is 19.6 Å². The van der Waals surface area contributed by atoms with Gasteiger partial charge in [0, 0.05) is 27.5 Å². The molecular weight excluding hydrogens is 444 g/mol. The summed E-state index contributed by atoms with van der Waals surface area (Å²) in [4.78, 5) is 12.7. The Morgan fingerprint density at radius 1 is 1.25 bits per heavy atom. The monoisotopic (exact) mass is 458 g/mol. The van der Waals surface area contributed by atoms with Gasteiger partial charge in [-0.1, -0.05) is 44.9 Å². The number of halogens is 2. The van der Waals surface area contributed by atoms with Crippen LogP contribution in [0.4, 0.5) is 0 Å². The summed E-state index contributed by atoms with van der Waals surface area (Å²) in [6.07, 6.45) is 1.78. The molecule has 0 radical (unpaired) electrons. The Balaban J connectivity index is 1.94. The van der Waals surface area contributed by atoms with E-state index in [-0.39, 0.29) is 6.61 Å². The maximum atomic E-state index is 12.7. The Bertz CT molecular complexity index is 1200. The van der Waals surface area contributed by atoms with Crippen LogP contribution in [-0.4, -0.2) is 32.1 Å². The Morgan fingerprint density at radius 2 is 2.07 bits per heavy atom. The van der Waals surface area contributed by atoms with Crippen molar-refractivity contribution in [3.05, 3.63) is 63.9 Å². The molecule has 0 atom stereocenters. The van der Waals surface area contributed by atoms with Gasteiger partial charge in [0.05, 0.1) is 18.3 Å². The summed E-state index contributed by atoms with van der Waals surface area (Å²) in [6.45, 7) is 2.07. The summed E-state index contributed by atoms with van der Waals surface area (Å²) in [5.41, 5.74) is 3.43. The molecule has 0 N–H and O–H groups in total. The fraction of sp³-hybridized carbons (Fsp3) is 0.150. The summed E-state index contributed by atoms with van der Waals surface area (Å²) in [6, 6.07) is 13.2. The highest BCUT2D eigenvalue weighted by Gasteiger charge is 2.25. The van der Waals surface area contributed by atoms with Crippen LogP contribution in [0.15, 0.2) is 53.1 Å². The Labute approximate surface area is 174 Å². The van der Waals surface area contributed by atoms with Crippen LogP contribution in [0.3, 0.4) is 0 Å². The molecule has 28 heavy (non-hydrogen) atoms. The first kappa shape index (κ1) is 18.7. The average Bonchev–Trinajstić information content (AvgIpc) is 3.25. The van der Waals surface area contributed by atoms with Crippen molar-refractivity contribution in [2.24, 2.45) is 7.05 Å². The fourth-order valence-electron chi connectivity index (χ4n) is 3.22. The third-order valence-electron chi connectivity index (χ3n) is 4.45. The Morgan fingerprint density at radius 3 is 2.82 bits per heavy atom. The lowest BCUT2D eigenvalue weighted by atomic mass is 10.2. The second-order valence-corrected chi connectivity index (χ2v) is 7.55. The number of carbonyl (C=O) groups excluding carboxylic acids is 1. The highest BCUT2D eigenvalue weighted by molar-refractivity contribution is 9.10. The molecule has 0 saturated heterocycles. The van der Waals surface area contributed by atoms with Crippen LogP contribution >= 0.6 is 27.5 Å². The molecule has 4 aromatic rings. The highest BCUT2D eigenvalue weighted by atomic mass is 79.9. The van der Waals surface area contributed by atoms with Gasteiger partial charge in [-0.3, -0.25) is 0 Å². The largest absolute Gasteiger partial charge is 0.461 e. The number of fused-ring (bicyclic) bond motifs is 1. The predicted octanol–water partition coefficient (Wildman–Crippen LogP) is 5.02. The molecule has 0 fully saturated rings. The van der Waals surface area contributed by atoms with E-state index in [1.807, 2.05) is 48.0 Å². The van der Waals surface area contributed by atoms with Crippen LogP contribution < -0.4 is 0 Å². The Kier molecular flexibility index (Phi) is 4.95. The minimum Gasteiger partial charge on any atom is -0.461 e. The van der Waals surface area contributed by atoms with E-state index in [1.54, 1.807) is 23.9 Å². The topological polar surface area (TPSA) is 61.9 Å². The van der Waals surface area contributed by atoms with Gasteiger partial charge in [-0.2, -0.15) is 0 Å². The molecule has 0 aliphatic carbocycles. The van der Waals surface area contributed by atoms with Gasteiger partial charge < -0.3 is 9.30 Å². The number of benzene rings is 2. The predicted molar refractivity (Wildman–Crippen MR) is 112 cm³/mol. The maximum Gasteiger partial charge on any atom is 0.357 e. The first-order chi connectivity index (χ1) is 13.5. The third kappa shape index (κ3) is 3.21. The van der Waals surface area contributed by atoms with Crippen molar-refractivity contribution in [1.29, 1.82) is 0 Å². The number of esters is 1. The van der Waals surface area contributed by atoms with Gasteiger partial charge in [-0.15, -0.1) is 5.10 Å². The lowest BCUT2D eigenvalue weighted by molar-refractivity contribution is 0.0515. The minimum absolute atomic E-state index is 0.286. The standard InChI is InChI=1S/C20H16BrClN4O2/c1-3-28-20(27)19-18(15-10-13(21)7-8-17(15)25(19)2)26-11-16(23-24-26)12-5-4-6-14(22)9-12/h4-11H,3H2,1-2H3. The molecule has 0 saturated carbocycles. The molecular formula is C20H16BrClN4O2. The normalized spacial score (nSPS) is 11.1. The minimum atomic E-state index is -0.410. The van der Waals surface area contributed by atoms with Gasteiger partial charge >= 0.3 is 5.97 Å². The van der Waals surface area contributed by atoms with Crippen LogP contribution in [0, 0.1) is 0 Å². The molecule has 2 heterocycles. The van der Waals surface area contributed by atoms with Crippen molar-refractivity contribution < 1.29 is 9.53 Å². The van der Waals surface area contributed by atoms with Gasteiger partial charge in [0.15, 0.2) is 5.69 Å². The van der Waals surface area contributed by atoms with E-state index in [4.69, 9.17) is 16.3 Å². The average molecular weight is 460 g/mol. The fourth-order valence-corrected chi connectivity index (χ4v) is 3.77. The molecule has 2 aromatic carbocycles.